The smallest absolute Gasteiger partial charge is 0.321 e. The van der Waals surface area contributed by atoms with Crippen molar-refractivity contribution < 1.29 is 9.47 Å². The van der Waals surface area contributed by atoms with Crippen LogP contribution in [0.25, 0.3) is 0 Å². The first-order valence-corrected chi connectivity index (χ1v) is 7.63. The molecule has 0 bridgehead atoms. The molecule has 3 heterocycles. The van der Waals surface area contributed by atoms with Crippen LogP contribution in [0.15, 0.2) is 30.5 Å². The van der Waals surface area contributed by atoms with E-state index in [4.69, 9.17) is 9.47 Å². The summed E-state index contributed by atoms with van der Waals surface area (Å²) in [6.07, 6.45) is 1.84. The third kappa shape index (κ3) is 3.87. The van der Waals surface area contributed by atoms with Crippen LogP contribution >= 0.6 is 0 Å². The molecule has 7 nitrogen and oxygen atoms in total. The van der Waals surface area contributed by atoms with Crippen LogP contribution < -0.4 is 14.4 Å². The van der Waals surface area contributed by atoms with Gasteiger partial charge in [-0.2, -0.15) is 9.97 Å². The molecule has 0 amide bonds. The van der Waals surface area contributed by atoms with E-state index in [-0.39, 0.29) is 0 Å². The standard InChI is InChI=1S/C16H21N5O2/c1-22-15-11-14(18-16(19-15)23-2)21-9-7-20(8-10-21)12-13-5-3-4-6-17-13/h3-6,11H,7-10,12H2,1-2H3. The third-order valence-electron chi connectivity index (χ3n) is 3.87. The Hall–Kier alpha value is -2.41. The van der Waals surface area contributed by atoms with Gasteiger partial charge in [-0.3, -0.25) is 9.88 Å². The van der Waals surface area contributed by atoms with Crippen LogP contribution in [0.1, 0.15) is 5.69 Å². The fourth-order valence-corrected chi connectivity index (χ4v) is 2.61. The summed E-state index contributed by atoms with van der Waals surface area (Å²) < 4.78 is 10.4. The SMILES string of the molecule is COc1cc(N2CCN(Cc3ccccn3)CC2)nc(OC)n1. The van der Waals surface area contributed by atoms with Crippen LogP contribution in [-0.2, 0) is 6.54 Å². The number of pyridine rings is 1. The molecular formula is C16H21N5O2. The summed E-state index contributed by atoms with van der Waals surface area (Å²) in [6.45, 7) is 4.60. The molecule has 0 unspecified atom stereocenters. The van der Waals surface area contributed by atoms with Gasteiger partial charge in [0.25, 0.3) is 0 Å². The van der Waals surface area contributed by atoms with E-state index in [0.29, 0.717) is 11.9 Å². The highest BCUT2D eigenvalue weighted by molar-refractivity contribution is 5.43. The zero-order valence-electron chi connectivity index (χ0n) is 13.5. The van der Waals surface area contributed by atoms with Gasteiger partial charge in [0.05, 0.1) is 19.9 Å². The molecule has 0 atom stereocenters. The molecule has 2 aromatic heterocycles. The van der Waals surface area contributed by atoms with E-state index in [2.05, 4.69) is 30.8 Å². The van der Waals surface area contributed by atoms with E-state index in [1.54, 1.807) is 14.2 Å². The molecule has 0 N–H and O–H groups in total. The highest BCUT2D eigenvalue weighted by Crippen LogP contribution is 2.22. The van der Waals surface area contributed by atoms with Gasteiger partial charge < -0.3 is 14.4 Å². The average Bonchev–Trinajstić information content (AvgIpc) is 2.62. The summed E-state index contributed by atoms with van der Waals surface area (Å²) in [6, 6.07) is 8.20. The summed E-state index contributed by atoms with van der Waals surface area (Å²) in [7, 11) is 3.15. The van der Waals surface area contributed by atoms with Crippen molar-refractivity contribution in [2.75, 3.05) is 45.3 Å². The van der Waals surface area contributed by atoms with Gasteiger partial charge in [-0.1, -0.05) is 6.07 Å². The Bertz CT molecular complexity index is 607. The van der Waals surface area contributed by atoms with Crippen molar-refractivity contribution in [1.29, 1.82) is 0 Å². The number of ether oxygens (including phenoxy) is 2. The minimum absolute atomic E-state index is 0.329. The normalized spacial score (nSPS) is 15.5. The second kappa shape index (κ2) is 7.23. The molecule has 1 saturated heterocycles. The third-order valence-corrected chi connectivity index (χ3v) is 3.87. The molecule has 1 fully saturated rings. The quantitative estimate of drug-likeness (QED) is 0.822. The topological polar surface area (TPSA) is 63.6 Å². The number of methoxy groups -OCH3 is 2. The average molecular weight is 315 g/mol. The summed E-state index contributed by atoms with van der Waals surface area (Å²) in [5.74, 6) is 1.36. The minimum Gasteiger partial charge on any atom is -0.481 e. The number of anilines is 1. The predicted octanol–water partition coefficient (Wildman–Crippen LogP) is 1.21. The lowest BCUT2D eigenvalue weighted by molar-refractivity contribution is 0.246. The van der Waals surface area contributed by atoms with Gasteiger partial charge in [0, 0.05) is 45.0 Å². The first-order chi connectivity index (χ1) is 11.3. The number of hydrogen-bond donors (Lipinski definition) is 0. The predicted molar refractivity (Wildman–Crippen MR) is 86.9 cm³/mol. The zero-order chi connectivity index (χ0) is 16.1. The lowest BCUT2D eigenvalue weighted by Gasteiger charge is -2.35. The Labute approximate surface area is 135 Å². The summed E-state index contributed by atoms with van der Waals surface area (Å²) in [4.78, 5) is 17.6. The van der Waals surface area contributed by atoms with E-state index >= 15 is 0 Å². The van der Waals surface area contributed by atoms with E-state index in [0.717, 1.165) is 44.2 Å². The van der Waals surface area contributed by atoms with Gasteiger partial charge >= 0.3 is 6.01 Å². The van der Waals surface area contributed by atoms with Gasteiger partial charge in [-0.15, -0.1) is 0 Å². The van der Waals surface area contributed by atoms with Crippen LogP contribution in [0, 0.1) is 0 Å². The Balaban J connectivity index is 1.62. The summed E-state index contributed by atoms with van der Waals surface area (Å²) in [5, 5.41) is 0. The first kappa shape index (κ1) is 15.5. The molecule has 0 radical (unpaired) electrons. The molecular weight excluding hydrogens is 294 g/mol. The van der Waals surface area contributed by atoms with Crippen LogP contribution in [0.2, 0.25) is 0 Å². The Morgan fingerprint density at radius 2 is 1.87 bits per heavy atom. The number of aromatic nitrogens is 3. The fourth-order valence-electron chi connectivity index (χ4n) is 2.61. The van der Waals surface area contributed by atoms with Crippen molar-refractivity contribution in [3.63, 3.8) is 0 Å². The van der Waals surface area contributed by atoms with Gasteiger partial charge in [0.15, 0.2) is 0 Å². The monoisotopic (exact) mass is 315 g/mol. The second-order valence-electron chi connectivity index (χ2n) is 5.34. The molecule has 0 aromatic carbocycles. The highest BCUT2D eigenvalue weighted by Gasteiger charge is 2.20. The van der Waals surface area contributed by atoms with Gasteiger partial charge in [0.1, 0.15) is 5.82 Å². The van der Waals surface area contributed by atoms with Crippen molar-refractivity contribution >= 4 is 5.82 Å². The van der Waals surface area contributed by atoms with E-state index in [1.807, 2.05) is 24.4 Å². The van der Waals surface area contributed by atoms with Crippen LogP contribution in [0.5, 0.6) is 11.9 Å². The minimum atomic E-state index is 0.329. The van der Waals surface area contributed by atoms with Crippen LogP contribution in [0.4, 0.5) is 5.82 Å². The van der Waals surface area contributed by atoms with Crippen molar-refractivity contribution in [2.24, 2.45) is 0 Å². The lowest BCUT2D eigenvalue weighted by Crippen LogP contribution is -2.46. The van der Waals surface area contributed by atoms with Crippen molar-refractivity contribution in [3.05, 3.63) is 36.2 Å². The second-order valence-corrected chi connectivity index (χ2v) is 5.34. The Morgan fingerprint density at radius 3 is 2.52 bits per heavy atom. The molecule has 23 heavy (non-hydrogen) atoms. The largest absolute Gasteiger partial charge is 0.481 e. The van der Waals surface area contributed by atoms with E-state index in [9.17, 15) is 0 Å². The molecule has 2 aromatic rings. The van der Waals surface area contributed by atoms with Gasteiger partial charge in [-0.25, -0.2) is 0 Å². The molecule has 3 rings (SSSR count). The summed E-state index contributed by atoms with van der Waals surface area (Å²) in [5.41, 5.74) is 1.10. The van der Waals surface area contributed by atoms with Gasteiger partial charge in [-0.05, 0) is 12.1 Å². The van der Waals surface area contributed by atoms with Crippen molar-refractivity contribution in [1.82, 2.24) is 19.9 Å². The van der Waals surface area contributed by atoms with Crippen molar-refractivity contribution in [3.8, 4) is 11.9 Å². The zero-order valence-corrected chi connectivity index (χ0v) is 13.5. The number of rotatable bonds is 5. The number of piperazine rings is 1. The molecule has 0 aliphatic carbocycles. The van der Waals surface area contributed by atoms with Gasteiger partial charge in [0.2, 0.25) is 5.88 Å². The molecule has 1 aliphatic heterocycles. The molecule has 122 valence electrons. The highest BCUT2D eigenvalue weighted by atomic mass is 16.5. The fraction of sp³-hybridized carbons (Fsp3) is 0.438. The number of nitrogens with zero attached hydrogens (tertiary/aromatic N) is 5. The lowest BCUT2D eigenvalue weighted by atomic mass is 10.2. The summed E-state index contributed by atoms with van der Waals surface area (Å²) >= 11 is 0. The van der Waals surface area contributed by atoms with E-state index in [1.165, 1.54) is 0 Å². The Morgan fingerprint density at radius 1 is 1.04 bits per heavy atom. The molecule has 7 heteroatoms. The number of hydrogen-bond acceptors (Lipinski definition) is 7. The Kier molecular flexibility index (Phi) is 4.87. The van der Waals surface area contributed by atoms with Crippen molar-refractivity contribution in [2.45, 2.75) is 6.54 Å². The molecule has 0 spiro atoms. The van der Waals surface area contributed by atoms with Crippen LogP contribution in [0.3, 0.4) is 0 Å². The maximum absolute atomic E-state index is 5.21. The first-order valence-electron chi connectivity index (χ1n) is 7.63. The van der Waals surface area contributed by atoms with E-state index < -0.39 is 0 Å². The maximum Gasteiger partial charge on any atom is 0.321 e. The molecule has 0 saturated carbocycles. The maximum atomic E-state index is 5.21. The molecule has 1 aliphatic rings. The van der Waals surface area contributed by atoms with Crippen LogP contribution in [-0.4, -0.2) is 60.3 Å².